The van der Waals surface area contributed by atoms with Crippen LogP contribution in [0.15, 0.2) is 5.16 Å². The maximum absolute atomic E-state index is 11.8. The Morgan fingerprint density at radius 1 is 1.28 bits per heavy atom. The molecule has 1 unspecified atom stereocenters. The second-order valence-electron chi connectivity index (χ2n) is 4.84. The van der Waals surface area contributed by atoms with Gasteiger partial charge in [-0.1, -0.05) is 11.8 Å². The van der Waals surface area contributed by atoms with Crippen molar-refractivity contribution in [2.75, 3.05) is 0 Å². The zero-order valence-corrected chi connectivity index (χ0v) is 12.1. The predicted molar refractivity (Wildman–Crippen MR) is 72.7 cm³/mol. The summed E-state index contributed by atoms with van der Waals surface area (Å²) >= 11 is 1.42. The highest BCUT2D eigenvalue weighted by atomic mass is 32.2. The van der Waals surface area contributed by atoms with Crippen LogP contribution in [-0.2, 0) is 4.79 Å². The molecular weight excluding hydrogens is 246 g/mol. The summed E-state index contributed by atoms with van der Waals surface area (Å²) in [7, 11) is 0. The van der Waals surface area contributed by atoms with Crippen molar-refractivity contribution in [1.82, 2.24) is 15.3 Å². The average Bonchev–Trinajstić information content (AvgIpc) is 3.09. The molecule has 5 heteroatoms. The lowest BCUT2D eigenvalue weighted by molar-refractivity contribution is -0.120. The van der Waals surface area contributed by atoms with E-state index in [1.807, 2.05) is 27.7 Å². The second kappa shape index (κ2) is 5.26. The van der Waals surface area contributed by atoms with Gasteiger partial charge in [-0.3, -0.25) is 4.79 Å². The molecule has 18 heavy (non-hydrogen) atoms. The molecule has 1 aliphatic carbocycles. The zero-order valence-electron chi connectivity index (χ0n) is 11.3. The van der Waals surface area contributed by atoms with Crippen molar-refractivity contribution in [2.24, 2.45) is 0 Å². The monoisotopic (exact) mass is 265 g/mol. The summed E-state index contributed by atoms with van der Waals surface area (Å²) in [6, 6.07) is 0.406. The van der Waals surface area contributed by atoms with Crippen LogP contribution < -0.4 is 5.32 Å². The van der Waals surface area contributed by atoms with E-state index in [9.17, 15) is 4.79 Å². The number of rotatable bonds is 4. The number of nitrogens with zero attached hydrogens (tertiary/aromatic N) is 2. The van der Waals surface area contributed by atoms with Crippen LogP contribution in [0.4, 0.5) is 0 Å². The van der Waals surface area contributed by atoms with Crippen LogP contribution in [0.1, 0.15) is 36.7 Å². The number of hydrogen-bond donors (Lipinski definition) is 1. The Balaban J connectivity index is 2.01. The van der Waals surface area contributed by atoms with Crippen LogP contribution in [0, 0.1) is 20.8 Å². The van der Waals surface area contributed by atoms with E-state index in [1.54, 1.807) is 0 Å². The normalized spacial score (nSPS) is 16.4. The fourth-order valence-electron chi connectivity index (χ4n) is 1.55. The van der Waals surface area contributed by atoms with Gasteiger partial charge in [0.2, 0.25) is 5.91 Å². The Morgan fingerprint density at radius 3 is 2.33 bits per heavy atom. The van der Waals surface area contributed by atoms with Gasteiger partial charge in [-0.05, 0) is 46.1 Å². The molecule has 1 N–H and O–H groups in total. The number of hydrogen-bond acceptors (Lipinski definition) is 4. The smallest absolute Gasteiger partial charge is 0.233 e. The predicted octanol–water partition coefficient (Wildman–Crippen LogP) is 2.16. The molecule has 0 radical (unpaired) electrons. The van der Waals surface area contributed by atoms with E-state index in [0.717, 1.165) is 29.8 Å². The Labute approximate surface area is 112 Å². The summed E-state index contributed by atoms with van der Waals surface area (Å²) in [4.78, 5) is 20.7. The molecule has 1 amide bonds. The number of aromatic nitrogens is 2. The van der Waals surface area contributed by atoms with Crippen molar-refractivity contribution in [3.05, 3.63) is 17.0 Å². The highest BCUT2D eigenvalue weighted by molar-refractivity contribution is 8.00. The van der Waals surface area contributed by atoms with Crippen LogP contribution in [0.25, 0.3) is 0 Å². The standard InChI is InChI=1S/C13H19N3OS/c1-7-8(2)14-13(15-9(7)3)18-10(4)12(17)16-11-5-6-11/h10-11H,5-6H2,1-4H3,(H,16,17). The molecule has 1 atom stereocenters. The Kier molecular flexibility index (Phi) is 3.90. The third-order valence-electron chi connectivity index (χ3n) is 3.19. The fraction of sp³-hybridized carbons (Fsp3) is 0.615. The van der Waals surface area contributed by atoms with Gasteiger partial charge in [0, 0.05) is 17.4 Å². The Hall–Kier alpha value is -1.10. The fourth-order valence-corrected chi connectivity index (χ4v) is 2.42. The third kappa shape index (κ3) is 3.22. The van der Waals surface area contributed by atoms with Crippen LogP contribution in [0.2, 0.25) is 0 Å². The van der Waals surface area contributed by atoms with Gasteiger partial charge in [0.1, 0.15) is 0 Å². The minimum Gasteiger partial charge on any atom is -0.352 e. The molecule has 0 aliphatic heterocycles. The van der Waals surface area contributed by atoms with Gasteiger partial charge >= 0.3 is 0 Å². The van der Waals surface area contributed by atoms with Gasteiger partial charge in [0.25, 0.3) is 0 Å². The summed E-state index contributed by atoms with van der Waals surface area (Å²) in [5.41, 5.74) is 3.09. The van der Waals surface area contributed by atoms with E-state index < -0.39 is 0 Å². The van der Waals surface area contributed by atoms with Crippen molar-refractivity contribution in [1.29, 1.82) is 0 Å². The number of carbonyl (C=O) groups excluding carboxylic acids is 1. The second-order valence-corrected chi connectivity index (χ2v) is 6.15. The topological polar surface area (TPSA) is 54.9 Å². The first kappa shape index (κ1) is 13.3. The SMILES string of the molecule is Cc1nc(SC(C)C(=O)NC2CC2)nc(C)c1C. The van der Waals surface area contributed by atoms with Gasteiger partial charge in [0.05, 0.1) is 5.25 Å². The Bertz CT molecular complexity index is 448. The minimum absolute atomic E-state index is 0.0852. The molecule has 4 nitrogen and oxygen atoms in total. The summed E-state index contributed by atoms with van der Waals surface area (Å²) in [6.07, 6.45) is 2.23. The van der Waals surface area contributed by atoms with Crippen molar-refractivity contribution in [3.63, 3.8) is 0 Å². The van der Waals surface area contributed by atoms with E-state index >= 15 is 0 Å². The number of thioether (sulfide) groups is 1. The maximum atomic E-state index is 11.8. The van der Waals surface area contributed by atoms with Crippen molar-refractivity contribution >= 4 is 17.7 Å². The molecule has 98 valence electrons. The third-order valence-corrected chi connectivity index (χ3v) is 4.15. The summed E-state index contributed by atoms with van der Waals surface area (Å²) in [5, 5.41) is 3.54. The lowest BCUT2D eigenvalue weighted by Gasteiger charge is -2.12. The first-order valence-corrected chi connectivity index (χ1v) is 7.14. The number of amides is 1. The number of aryl methyl sites for hydroxylation is 2. The quantitative estimate of drug-likeness (QED) is 0.669. The lowest BCUT2D eigenvalue weighted by Crippen LogP contribution is -2.32. The van der Waals surface area contributed by atoms with Crippen LogP contribution in [0.5, 0.6) is 0 Å². The van der Waals surface area contributed by atoms with Crippen LogP contribution in [-0.4, -0.2) is 27.2 Å². The van der Waals surface area contributed by atoms with Crippen LogP contribution >= 0.6 is 11.8 Å². The number of carbonyl (C=O) groups is 1. The highest BCUT2D eigenvalue weighted by Gasteiger charge is 2.26. The molecule has 0 spiro atoms. The first-order valence-electron chi connectivity index (χ1n) is 6.26. The minimum atomic E-state index is -0.146. The van der Waals surface area contributed by atoms with Gasteiger partial charge in [0.15, 0.2) is 5.16 Å². The summed E-state index contributed by atoms with van der Waals surface area (Å²) < 4.78 is 0. The Morgan fingerprint density at radius 2 is 1.83 bits per heavy atom. The van der Waals surface area contributed by atoms with Gasteiger partial charge in [-0.25, -0.2) is 9.97 Å². The van der Waals surface area contributed by atoms with E-state index in [0.29, 0.717) is 11.2 Å². The molecule has 1 saturated carbocycles. The van der Waals surface area contributed by atoms with Gasteiger partial charge in [-0.2, -0.15) is 0 Å². The molecule has 0 bridgehead atoms. The molecule has 1 aromatic heterocycles. The van der Waals surface area contributed by atoms with E-state index in [-0.39, 0.29) is 11.2 Å². The van der Waals surface area contributed by atoms with Gasteiger partial charge in [-0.15, -0.1) is 0 Å². The molecule has 0 aromatic carbocycles. The van der Waals surface area contributed by atoms with Crippen LogP contribution in [0.3, 0.4) is 0 Å². The van der Waals surface area contributed by atoms with Crippen molar-refractivity contribution < 1.29 is 4.79 Å². The molecule has 1 fully saturated rings. The number of nitrogens with one attached hydrogen (secondary N) is 1. The summed E-state index contributed by atoms with van der Waals surface area (Å²) in [5.74, 6) is 0.0852. The molecule has 1 aliphatic rings. The van der Waals surface area contributed by atoms with E-state index in [2.05, 4.69) is 15.3 Å². The molecule has 1 aromatic rings. The highest BCUT2D eigenvalue weighted by Crippen LogP contribution is 2.24. The van der Waals surface area contributed by atoms with Crippen molar-refractivity contribution in [3.8, 4) is 0 Å². The first-order chi connectivity index (χ1) is 8.47. The summed E-state index contributed by atoms with van der Waals surface area (Å²) in [6.45, 7) is 7.87. The van der Waals surface area contributed by atoms with Crippen molar-refractivity contribution in [2.45, 2.75) is 57.0 Å². The van der Waals surface area contributed by atoms with E-state index in [1.165, 1.54) is 11.8 Å². The van der Waals surface area contributed by atoms with Gasteiger partial charge < -0.3 is 5.32 Å². The van der Waals surface area contributed by atoms with E-state index in [4.69, 9.17) is 0 Å². The lowest BCUT2D eigenvalue weighted by atomic mass is 10.2. The molecule has 1 heterocycles. The average molecular weight is 265 g/mol. The molecule has 2 rings (SSSR count). The molecular formula is C13H19N3OS. The zero-order chi connectivity index (χ0) is 13.3. The maximum Gasteiger partial charge on any atom is 0.233 e. The largest absolute Gasteiger partial charge is 0.352 e. The molecule has 0 saturated heterocycles.